The molecular weight excluding hydrogens is 228 g/mol. The van der Waals surface area contributed by atoms with Crippen LogP contribution in [-0.2, 0) is 9.59 Å². The van der Waals surface area contributed by atoms with E-state index in [-0.39, 0.29) is 23.9 Å². The second-order valence-corrected chi connectivity index (χ2v) is 4.95. The van der Waals surface area contributed by atoms with E-state index in [1.807, 2.05) is 6.92 Å². The van der Waals surface area contributed by atoms with Crippen molar-refractivity contribution in [3.05, 3.63) is 0 Å². The molecule has 0 aromatic rings. The minimum Gasteiger partial charge on any atom is -0.329 e. The van der Waals surface area contributed by atoms with Gasteiger partial charge in [0.15, 0.2) is 0 Å². The Morgan fingerprint density at radius 1 is 1.33 bits per heavy atom. The maximum atomic E-state index is 12.4. The summed E-state index contributed by atoms with van der Waals surface area (Å²) in [4.78, 5) is 28.3. The monoisotopic (exact) mass is 248 g/mol. The van der Waals surface area contributed by atoms with Gasteiger partial charge in [-0.1, -0.05) is 6.92 Å². The molecule has 0 spiro atoms. The molecule has 4 heteroatoms. The van der Waals surface area contributed by atoms with E-state index in [1.54, 1.807) is 9.80 Å². The average molecular weight is 248 g/mol. The van der Waals surface area contributed by atoms with E-state index in [1.165, 1.54) is 0 Å². The van der Waals surface area contributed by atoms with Crippen molar-refractivity contribution in [1.29, 1.82) is 0 Å². The van der Waals surface area contributed by atoms with Crippen molar-refractivity contribution >= 4 is 11.8 Å². The third-order valence-corrected chi connectivity index (χ3v) is 3.90. The second kappa shape index (κ2) is 5.43. The molecule has 2 amide bonds. The highest BCUT2D eigenvalue weighted by Gasteiger charge is 2.45. The van der Waals surface area contributed by atoms with Crippen molar-refractivity contribution in [2.45, 2.75) is 51.1 Å². The molecule has 0 N–H and O–H groups in total. The molecule has 2 rings (SSSR count). The second-order valence-electron chi connectivity index (χ2n) is 4.95. The molecule has 0 radical (unpaired) electrons. The third-order valence-electron chi connectivity index (χ3n) is 3.90. The van der Waals surface area contributed by atoms with Crippen LogP contribution in [0, 0.1) is 12.3 Å². The highest BCUT2D eigenvalue weighted by atomic mass is 16.2. The van der Waals surface area contributed by atoms with Crippen LogP contribution >= 0.6 is 0 Å². The SMILES string of the molecule is C#CCCN1C(=O)C2CCCCN2C(=O)C1CC. The van der Waals surface area contributed by atoms with Crippen molar-refractivity contribution in [2.24, 2.45) is 0 Å². The lowest BCUT2D eigenvalue weighted by Crippen LogP contribution is -2.65. The van der Waals surface area contributed by atoms with Gasteiger partial charge < -0.3 is 9.80 Å². The summed E-state index contributed by atoms with van der Waals surface area (Å²) in [6.07, 6.45) is 9.28. The van der Waals surface area contributed by atoms with E-state index in [9.17, 15) is 9.59 Å². The largest absolute Gasteiger partial charge is 0.329 e. The topological polar surface area (TPSA) is 40.6 Å². The normalized spacial score (nSPS) is 28.0. The Bertz CT molecular complexity index is 386. The number of hydrogen-bond acceptors (Lipinski definition) is 2. The number of amides is 2. The van der Waals surface area contributed by atoms with E-state index in [0.717, 1.165) is 25.8 Å². The molecule has 2 saturated heterocycles. The van der Waals surface area contributed by atoms with E-state index in [2.05, 4.69) is 5.92 Å². The smallest absolute Gasteiger partial charge is 0.246 e. The fourth-order valence-electron chi connectivity index (χ4n) is 2.97. The quantitative estimate of drug-likeness (QED) is 0.699. The molecule has 2 aliphatic heterocycles. The number of hydrogen-bond donors (Lipinski definition) is 0. The van der Waals surface area contributed by atoms with Crippen molar-refractivity contribution in [1.82, 2.24) is 9.80 Å². The molecule has 98 valence electrons. The van der Waals surface area contributed by atoms with Gasteiger partial charge in [-0.25, -0.2) is 0 Å². The minimum absolute atomic E-state index is 0.0939. The number of carbonyl (C=O) groups excluding carboxylic acids is 2. The lowest BCUT2D eigenvalue weighted by Gasteiger charge is -2.46. The van der Waals surface area contributed by atoms with Gasteiger partial charge in [-0.2, -0.15) is 0 Å². The van der Waals surface area contributed by atoms with Crippen LogP contribution in [0.5, 0.6) is 0 Å². The van der Waals surface area contributed by atoms with Crippen LogP contribution in [0.1, 0.15) is 39.0 Å². The molecule has 0 aliphatic carbocycles. The Kier molecular flexibility index (Phi) is 3.90. The van der Waals surface area contributed by atoms with Crippen molar-refractivity contribution in [3.8, 4) is 12.3 Å². The van der Waals surface area contributed by atoms with Gasteiger partial charge in [0.2, 0.25) is 11.8 Å². The summed E-state index contributed by atoms with van der Waals surface area (Å²) in [5, 5.41) is 0. The number of piperazine rings is 1. The molecule has 2 fully saturated rings. The van der Waals surface area contributed by atoms with E-state index >= 15 is 0 Å². The summed E-state index contributed by atoms with van der Waals surface area (Å²) in [6.45, 7) is 3.18. The zero-order valence-electron chi connectivity index (χ0n) is 10.9. The predicted molar refractivity (Wildman–Crippen MR) is 68.6 cm³/mol. The maximum absolute atomic E-state index is 12.4. The van der Waals surface area contributed by atoms with Gasteiger partial charge in [0.1, 0.15) is 12.1 Å². The van der Waals surface area contributed by atoms with Gasteiger partial charge in [0, 0.05) is 19.5 Å². The zero-order chi connectivity index (χ0) is 13.1. The van der Waals surface area contributed by atoms with Crippen LogP contribution in [0.3, 0.4) is 0 Å². The maximum Gasteiger partial charge on any atom is 0.246 e. The van der Waals surface area contributed by atoms with E-state index < -0.39 is 0 Å². The molecule has 2 heterocycles. The predicted octanol–water partition coefficient (Wildman–Crippen LogP) is 1.01. The molecule has 2 atom stereocenters. The Hall–Kier alpha value is -1.50. The van der Waals surface area contributed by atoms with Crippen LogP contribution in [0.2, 0.25) is 0 Å². The van der Waals surface area contributed by atoms with Crippen LogP contribution in [0.15, 0.2) is 0 Å². The fraction of sp³-hybridized carbons (Fsp3) is 0.714. The first kappa shape index (κ1) is 12.9. The Balaban J connectivity index is 2.21. The third kappa shape index (κ3) is 2.10. The minimum atomic E-state index is -0.305. The summed E-state index contributed by atoms with van der Waals surface area (Å²) in [7, 11) is 0. The highest BCUT2D eigenvalue weighted by Crippen LogP contribution is 2.27. The number of piperidine rings is 1. The molecule has 0 aromatic carbocycles. The van der Waals surface area contributed by atoms with Gasteiger partial charge in [0.05, 0.1) is 0 Å². The first-order valence-corrected chi connectivity index (χ1v) is 6.75. The molecule has 18 heavy (non-hydrogen) atoms. The number of rotatable bonds is 3. The molecule has 0 bridgehead atoms. The first-order chi connectivity index (χ1) is 8.70. The first-order valence-electron chi connectivity index (χ1n) is 6.75. The molecule has 0 aromatic heterocycles. The van der Waals surface area contributed by atoms with E-state index in [4.69, 9.17) is 6.42 Å². The van der Waals surface area contributed by atoms with Gasteiger partial charge in [-0.15, -0.1) is 12.3 Å². The summed E-state index contributed by atoms with van der Waals surface area (Å²) < 4.78 is 0. The molecule has 4 nitrogen and oxygen atoms in total. The summed E-state index contributed by atoms with van der Waals surface area (Å²) in [5.41, 5.74) is 0. The molecule has 0 saturated carbocycles. The number of nitrogens with zero attached hydrogens (tertiary/aromatic N) is 2. The lowest BCUT2D eigenvalue weighted by molar-refractivity contribution is -0.163. The van der Waals surface area contributed by atoms with Crippen LogP contribution < -0.4 is 0 Å². The van der Waals surface area contributed by atoms with Crippen molar-refractivity contribution < 1.29 is 9.59 Å². The van der Waals surface area contributed by atoms with Crippen molar-refractivity contribution in [2.75, 3.05) is 13.1 Å². The number of fused-ring (bicyclic) bond motifs is 1. The zero-order valence-corrected chi connectivity index (χ0v) is 10.9. The Morgan fingerprint density at radius 3 is 2.78 bits per heavy atom. The number of carbonyl (C=O) groups is 2. The van der Waals surface area contributed by atoms with Crippen LogP contribution in [-0.4, -0.2) is 46.8 Å². The van der Waals surface area contributed by atoms with E-state index in [0.29, 0.717) is 19.4 Å². The standard InChI is InChI=1S/C14H20N2O2/c1-3-5-9-15-11(4-2)13(17)16-10-7-6-8-12(16)14(15)18/h1,11-12H,4-10H2,2H3. The van der Waals surface area contributed by atoms with Crippen LogP contribution in [0.25, 0.3) is 0 Å². The Morgan fingerprint density at radius 2 is 2.11 bits per heavy atom. The van der Waals surface area contributed by atoms with Gasteiger partial charge in [0.25, 0.3) is 0 Å². The molecule has 2 unspecified atom stereocenters. The summed E-state index contributed by atoms with van der Waals surface area (Å²) in [6, 6.07) is -0.535. The van der Waals surface area contributed by atoms with Gasteiger partial charge >= 0.3 is 0 Å². The fourth-order valence-corrected chi connectivity index (χ4v) is 2.97. The molecule has 2 aliphatic rings. The average Bonchev–Trinajstić information content (AvgIpc) is 2.41. The lowest BCUT2D eigenvalue weighted by atomic mass is 9.94. The van der Waals surface area contributed by atoms with Gasteiger partial charge in [-0.05, 0) is 25.7 Å². The van der Waals surface area contributed by atoms with Crippen LogP contribution in [0.4, 0.5) is 0 Å². The van der Waals surface area contributed by atoms with Crippen molar-refractivity contribution in [3.63, 3.8) is 0 Å². The summed E-state index contributed by atoms with van der Waals surface area (Å²) in [5.74, 6) is 2.75. The summed E-state index contributed by atoms with van der Waals surface area (Å²) >= 11 is 0. The highest BCUT2D eigenvalue weighted by molar-refractivity contribution is 5.97. The molecular formula is C14H20N2O2. The Labute approximate surface area is 108 Å². The van der Waals surface area contributed by atoms with Gasteiger partial charge in [-0.3, -0.25) is 9.59 Å². The number of terminal acetylenes is 1.